The molecule has 2 aromatic carbocycles. The lowest BCUT2D eigenvalue weighted by atomic mass is 10.1. The first kappa shape index (κ1) is 21.4. The highest BCUT2D eigenvalue weighted by Gasteiger charge is 2.23. The predicted octanol–water partition coefficient (Wildman–Crippen LogP) is 4.42. The average molecular weight is 459 g/mol. The summed E-state index contributed by atoms with van der Waals surface area (Å²) >= 11 is 1.45. The summed E-state index contributed by atoms with van der Waals surface area (Å²) in [6.45, 7) is 5.75. The molecule has 1 aliphatic rings. The summed E-state index contributed by atoms with van der Waals surface area (Å²) < 4.78 is 1.93. The Balaban J connectivity index is 1.18. The number of hydrogen-bond donors (Lipinski definition) is 1. The second-order valence-corrected chi connectivity index (χ2v) is 9.67. The molecule has 33 heavy (non-hydrogen) atoms. The van der Waals surface area contributed by atoms with Crippen molar-refractivity contribution in [1.29, 1.82) is 0 Å². The van der Waals surface area contributed by atoms with E-state index in [1.165, 1.54) is 33.6 Å². The summed E-state index contributed by atoms with van der Waals surface area (Å²) in [5.74, 6) is 0.108. The summed E-state index contributed by atoms with van der Waals surface area (Å²) in [6.07, 6.45) is 4.78. The summed E-state index contributed by atoms with van der Waals surface area (Å²) in [5, 5.41) is 3.03. The maximum Gasteiger partial charge on any atom is 0.263 e. The van der Waals surface area contributed by atoms with Gasteiger partial charge in [-0.2, -0.15) is 0 Å². The fraction of sp³-hybridized carbons (Fsp3) is 0.269. The lowest BCUT2D eigenvalue weighted by Gasteiger charge is -2.15. The zero-order valence-electron chi connectivity index (χ0n) is 18.8. The van der Waals surface area contributed by atoms with E-state index in [2.05, 4.69) is 47.6 Å². The van der Waals surface area contributed by atoms with Gasteiger partial charge in [0.25, 0.3) is 5.91 Å². The van der Waals surface area contributed by atoms with Gasteiger partial charge in [0.2, 0.25) is 5.91 Å². The van der Waals surface area contributed by atoms with Crippen molar-refractivity contribution in [3.63, 3.8) is 0 Å². The molecule has 7 heteroatoms. The maximum absolute atomic E-state index is 12.8. The number of aryl methyl sites for hydroxylation is 3. The first-order valence-corrected chi connectivity index (χ1v) is 11.9. The van der Waals surface area contributed by atoms with Crippen molar-refractivity contribution in [3.05, 3.63) is 93.4 Å². The molecular weight excluding hydrogens is 432 g/mol. The Bertz CT molecular complexity index is 1350. The van der Waals surface area contributed by atoms with E-state index in [0.29, 0.717) is 30.9 Å². The smallest absolute Gasteiger partial charge is 0.263 e. The molecular formula is C26H26N4O2S. The van der Waals surface area contributed by atoms with E-state index in [1.807, 2.05) is 28.4 Å². The van der Waals surface area contributed by atoms with Gasteiger partial charge in [-0.15, -0.1) is 11.3 Å². The molecule has 6 nitrogen and oxygen atoms in total. The summed E-state index contributed by atoms with van der Waals surface area (Å²) in [6, 6.07) is 14.6. The number of thiazole rings is 1. The molecule has 0 spiro atoms. The number of carbonyl (C=O) groups is 2. The van der Waals surface area contributed by atoms with Gasteiger partial charge in [0.05, 0.1) is 6.20 Å². The Morgan fingerprint density at radius 1 is 1.06 bits per heavy atom. The molecule has 0 radical (unpaired) electrons. The third-order valence-electron chi connectivity index (χ3n) is 6.22. The fourth-order valence-corrected chi connectivity index (χ4v) is 5.40. The normalized spacial score (nSPS) is 12.8. The number of nitrogens with zero attached hydrogens (tertiary/aromatic N) is 3. The molecule has 3 heterocycles. The Labute approximate surface area is 196 Å². The van der Waals surface area contributed by atoms with Crippen molar-refractivity contribution >= 4 is 28.0 Å². The molecule has 0 fully saturated rings. The zero-order chi connectivity index (χ0) is 22.9. The number of aromatic nitrogens is 2. The minimum absolute atomic E-state index is 0.0744. The Hall–Kier alpha value is -3.45. The van der Waals surface area contributed by atoms with Crippen LogP contribution in [-0.2, 0) is 30.8 Å². The highest BCUT2D eigenvalue weighted by molar-refractivity contribution is 7.19. The third kappa shape index (κ3) is 4.41. The van der Waals surface area contributed by atoms with Crippen LogP contribution >= 0.6 is 11.3 Å². The van der Waals surface area contributed by atoms with Crippen LogP contribution in [0.1, 0.15) is 49.6 Å². The number of rotatable bonds is 6. The minimum Gasteiger partial charge on any atom is -0.347 e. The van der Waals surface area contributed by atoms with Crippen LogP contribution in [0.4, 0.5) is 0 Å². The molecule has 0 bridgehead atoms. The fourth-order valence-electron chi connectivity index (χ4n) is 4.38. The molecule has 4 aromatic rings. The topological polar surface area (TPSA) is 66.7 Å². The van der Waals surface area contributed by atoms with E-state index in [9.17, 15) is 9.59 Å². The summed E-state index contributed by atoms with van der Waals surface area (Å²) in [4.78, 5) is 33.2. The Morgan fingerprint density at radius 2 is 1.91 bits per heavy atom. The van der Waals surface area contributed by atoms with Crippen LogP contribution in [0.15, 0.2) is 55.0 Å². The molecule has 0 unspecified atom stereocenters. The lowest BCUT2D eigenvalue weighted by molar-refractivity contribution is -0.131. The van der Waals surface area contributed by atoms with E-state index in [4.69, 9.17) is 0 Å². The molecule has 0 saturated carbocycles. The van der Waals surface area contributed by atoms with Crippen molar-refractivity contribution < 1.29 is 9.59 Å². The Kier molecular flexibility index (Phi) is 5.72. The molecule has 5 rings (SSSR count). The first-order chi connectivity index (χ1) is 16.0. The number of benzene rings is 2. The van der Waals surface area contributed by atoms with Gasteiger partial charge in [-0.1, -0.05) is 48.0 Å². The van der Waals surface area contributed by atoms with E-state index in [0.717, 1.165) is 22.5 Å². The van der Waals surface area contributed by atoms with Crippen LogP contribution in [0.3, 0.4) is 0 Å². The number of carbonyl (C=O) groups excluding carboxylic acids is 2. The number of nitrogens with one attached hydrogen (secondary N) is 1. The monoisotopic (exact) mass is 458 g/mol. The predicted molar refractivity (Wildman–Crippen MR) is 129 cm³/mol. The number of fused-ring (bicyclic) bond motifs is 2. The van der Waals surface area contributed by atoms with Crippen molar-refractivity contribution in [1.82, 2.24) is 19.6 Å². The molecule has 168 valence electrons. The van der Waals surface area contributed by atoms with Crippen molar-refractivity contribution in [2.45, 2.75) is 46.3 Å². The average Bonchev–Trinajstić information content (AvgIpc) is 3.51. The third-order valence-corrected chi connectivity index (χ3v) is 7.41. The van der Waals surface area contributed by atoms with Crippen LogP contribution in [0.5, 0.6) is 0 Å². The molecule has 0 saturated heterocycles. The van der Waals surface area contributed by atoms with Gasteiger partial charge in [-0.3, -0.25) is 14.0 Å². The highest BCUT2D eigenvalue weighted by atomic mass is 32.1. The second-order valence-electron chi connectivity index (χ2n) is 8.64. The van der Waals surface area contributed by atoms with E-state index < -0.39 is 0 Å². The van der Waals surface area contributed by atoms with Crippen molar-refractivity contribution in [2.75, 3.05) is 0 Å². The molecule has 1 N–H and O–H groups in total. The standard InChI is InChI=1S/C26H26N4O2S/c1-17-4-3-5-19(10-17)7-9-23(31)29-14-21-8-6-20(11-22(21)15-29)12-28-26(32)25-18(2)30-16-27-13-24(30)33-25/h3-6,8,10-11,13,16H,7,9,12,14-15H2,1-2H3,(H,28,32). The quantitative estimate of drug-likeness (QED) is 0.465. The van der Waals surface area contributed by atoms with Crippen LogP contribution in [0.2, 0.25) is 0 Å². The van der Waals surface area contributed by atoms with E-state index in [-0.39, 0.29) is 11.8 Å². The SMILES string of the molecule is Cc1cccc(CCC(=O)N2Cc3ccc(CNC(=O)c4sc5cncn5c4C)cc3C2)c1. The molecule has 2 amide bonds. The van der Waals surface area contributed by atoms with Crippen molar-refractivity contribution in [2.24, 2.45) is 0 Å². The minimum atomic E-state index is -0.0744. The van der Waals surface area contributed by atoms with Crippen LogP contribution in [-0.4, -0.2) is 26.1 Å². The molecule has 2 aromatic heterocycles. The Morgan fingerprint density at radius 3 is 2.73 bits per heavy atom. The summed E-state index contributed by atoms with van der Waals surface area (Å²) in [7, 11) is 0. The molecule has 0 aliphatic carbocycles. The largest absolute Gasteiger partial charge is 0.347 e. The maximum atomic E-state index is 12.8. The summed E-state index contributed by atoms with van der Waals surface area (Å²) in [5.41, 5.74) is 6.71. The van der Waals surface area contributed by atoms with Crippen LogP contribution in [0, 0.1) is 13.8 Å². The van der Waals surface area contributed by atoms with Crippen LogP contribution < -0.4 is 5.32 Å². The van der Waals surface area contributed by atoms with Crippen LogP contribution in [0.25, 0.3) is 4.83 Å². The number of hydrogen-bond acceptors (Lipinski definition) is 4. The van der Waals surface area contributed by atoms with Gasteiger partial charge in [-0.05, 0) is 42.5 Å². The van der Waals surface area contributed by atoms with Gasteiger partial charge < -0.3 is 10.2 Å². The first-order valence-electron chi connectivity index (χ1n) is 11.1. The van der Waals surface area contributed by atoms with E-state index in [1.54, 1.807) is 12.5 Å². The number of imidazole rings is 1. The van der Waals surface area contributed by atoms with Gasteiger partial charge >= 0.3 is 0 Å². The lowest BCUT2D eigenvalue weighted by Crippen LogP contribution is -2.25. The van der Waals surface area contributed by atoms with E-state index >= 15 is 0 Å². The highest BCUT2D eigenvalue weighted by Crippen LogP contribution is 2.26. The van der Waals surface area contributed by atoms with Crippen molar-refractivity contribution in [3.8, 4) is 0 Å². The van der Waals surface area contributed by atoms with Gasteiger partial charge in [0.15, 0.2) is 0 Å². The second kappa shape index (κ2) is 8.83. The van der Waals surface area contributed by atoms with Gasteiger partial charge in [0, 0.05) is 31.7 Å². The molecule has 1 aliphatic heterocycles. The zero-order valence-corrected chi connectivity index (χ0v) is 19.6. The number of amides is 2. The molecule has 0 atom stereocenters. The van der Waals surface area contributed by atoms with Gasteiger partial charge in [0.1, 0.15) is 16.0 Å². The van der Waals surface area contributed by atoms with Gasteiger partial charge in [-0.25, -0.2) is 4.98 Å².